The Hall–Kier alpha value is -1.85. The highest BCUT2D eigenvalue weighted by molar-refractivity contribution is 5.19. The lowest BCUT2D eigenvalue weighted by Crippen LogP contribution is -2.56. The van der Waals surface area contributed by atoms with Crippen LogP contribution < -0.4 is 0 Å². The zero-order chi connectivity index (χ0) is 16.6. The minimum atomic E-state index is -0.387. The van der Waals surface area contributed by atoms with E-state index in [9.17, 15) is 8.78 Å². The van der Waals surface area contributed by atoms with Gasteiger partial charge in [0.25, 0.3) is 0 Å². The number of rotatable bonds is 4. The van der Waals surface area contributed by atoms with E-state index in [1.165, 1.54) is 17.7 Å². The van der Waals surface area contributed by atoms with E-state index < -0.39 is 0 Å². The number of likely N-dealkylation sites (tertiary alicyclic amines) is 1. The van der Waals surface area contributed by atoms with Crippen molar-refractivity contribution in [2.24, 2.45) is 5.41 Å². The van der Waals surface area contributed by atoms with Gasteiger partial charge in [0.2, 0.25) is 0 Å². The van der Waals surface area contributed by atoms with Crippen molar-refractivity contribution < 1.29 is 13.5 Å². The minimum absolute atomic E-state index is 0.177. The smallest absolute Gasteiger partial charge is 0.127 e. The van der Waals surface area contributed by atoms with E-state index in [0.717, 1.165) is 38.6 Å². The van der Waals surface area contributed by atoms with Crippen LogP contribution in [-0.2, 0) is 17.7 Å². The molecule has 0 saturated carbocycles. The van der Waals surface area contributed by atoms with Crippen LogP contribution in [0.4, 0.5) is 8.78 Å². The van der Waals surface area contributed by atoms with Gasteiger partial charge in [-0.05, 0) is 36.2 Å². The maximum atomic E-state index is 13.7. The molecule has 0 radical (unpaired) electrons. The van der Waals surface area contributed by atoms with Gasteiger partial charge in [-0.2, -0.15) is 0 Å². The van der Waals surface area contributed by atoms with E-state index in [4.69, 9.17) is 4.74 Å². The number of aromatic nitrogens is 1. The number of nitrogens with zero attached hydrogens (tertiary/aromatic N) is 2. The summed E-state index contributed by atoms with van der Waals surface area (Å²) in [7, 11) is 0. The monoisotopic (exact) mass is 330 g/mol. The summed E-state index contributed by atoms with van der Waals surface area (Å²) in [5, 5.41) is 0. The van der Waals surface area contributed by atoms with Crippen molar-refractivity contribution in [3.05, 3.63) is 65.5 Å². The number of hydrogen-bond acceptors (Lipinski definition) is 3. The number of ether oxygens (including phenoxy) is 1. The highest BCUT2D eigenvalue weighted by atomic mass is 19.1. The van der Waals surface area contributed by atoms with Crippen LogP contribution in [0.2, 0.25) is 0 Å². The molecule has 2 aliphatic heterocycles. The van der Waals surface area contributed by atoms with Crippen LogP contribution in [0.15, 0.2) is 42.7 Å². The van der Waals surface area contributed by atoms with Gasteiger partial charge in [0, 0.05) is 49.4 Å². The quantitative estimate of drug-likeness (QED) is 0.861. The molecule has 2 fully saturated rings. The molecule has 0 N–H and O–H groups in total. The Bertz CT molecular complexity index is 717. The van der Waals surface area contributed by atoms with Crippen LogP contribution >= 0.6 is 0 Å². The molecule has 2 aliphatic rings. The average Bonchev–Trinajstić information content (AvgIpc) is 2.95. The van der Waals surface area contributed by atoms with Crippen LogP contribution in [0.5, 0.6) is 0 Å². The second-order valence-corrected chi connectivity index (χ2v) is 7.08. The van der Waals surface area contributed by atoms with Crippen molar-refractivity contribution in [1.29, 1.82) is 0 Å². The van der Waals surface area contributed by atoms with Crippen LogP contribution in [-0.4, -0.2) is 35.7 Å². The number of hydrogen-bond donors (Lipinski definition) is 0. The third-order valence-electron chi connectivity index (χ3n) is 4.99. The van der Waals surface area contributed by atoms with Crippen molar-refractivity contribution in [2.75, 3.05) is 19.7 Å². The summed E-state index contributed by atoms with van der Waals surface area (Å²) in [6.07, 6.45) is 5.78. The molecule has 126 valence electrons. The Labute approximate surface area is 140 Å². The summed E-state index contributed by atoms with van der Waals surface area (Å²) in [5.74, 6) is -0.725. The molecule has 1 aromatic heterocycles. The Kier molecular flexibility index (Phi) is 4.06. The van der Waals surface area contributed by atoms with E-state index in [-0.39, 0.29) is 23.2 Å². The van der Waals surface area contributed by atoms with Crippen LogP contribution in [0.25, 0.3) is 0 Å². The first-order chi connectivity index (χ1) is 11.6. The highest BCUT2D eigenvalue weighted by Crippen LogP contribution is 2.42. The molecule has 1 aromatic carbocycles. The largest absolute Gasteiger partial charge is 0.377 e. The highest BCUT2D eigenvalue weighted by Gasteiger charge is 2.48. The molecule has 5 heteroatoms. The fourth-order valence-electron chi connectivity index (χ4n) is 3.95. The summed E-state index contributed by atoms with van der Waals surface area (Å²) >= 11 is 0. The van der Waals surface area contributed by atoms with Crippen LogP contribution in [0.1, 0.15) is 17.5 Å². The zero-order valence-electron chi connectivity index (χ0n) is 13.4. The van der Waals surface area contributed by atoms with Gasteiger partial charge in [-0.1, -0.05) is 6.07 Å². The molecule has 4 rings (SSSR count). The van der Waals surface area contributed by atoms with Crippen molar-refractivity contribution in [3.8, 4) is 0 Å². The molecule has 3 heterocycles. The molecular weight excluding hydrogens is 310 g/mol. The topological polar surface area (TPSA) is 25.4 Å². The second kappa shape index (κ2) is 6.22. The van der Waals surface area contributed by atoms with Gasteiger partial charge in [0.1, 0.15) is 11.6 Å². The molecule has 3 nitrogen and oxygen atoms in total. The van der Waals surface area contributed by atoms with Crippen molar-refractivity contribution in [2.45, 2.75) is 25.5 Å². The molecule has 0 bridgehead atoms. The SMILES string of the molecule is Fc1ccc(F)c(CN2CC3(CO[C@H](Cc4cccnc4)C3)C2)c1. The Morgan fingerprint density at radius 1 is 1.25 bits per heavy atom. The average molecular weight is 330 g/mol. The third-order valence-corrected chi connectivity index (χ3v) is 4.99. The van der Waals surface area contributed by atoms with E-state index in [2.05, 4.69) is 16.0 Å². The molecule has 0 amide bonds. The Balaban J connectivity index is 1.31. The van der Waals surface area contributed by atoms with E-state index >= 15 is 0 Å². The Morgan fingerprint density at radius 3 is 2.92 bits per heavy atom. The summed E-state index contributed by atoms with van der Waals surface area (Å²) in [5.41, 5.74) is 1.80. The van der Waals surface area contributed by atoms with Crippen molar-refractivity contribution in [1.82, 2.24) is 9.88 Å². The molecule has 2 saturated heterocycles. The first kappa shape index (κ1) is 15.7. The fourth-order valence-corrected chi connectivity index (χ4v) is 3.95. The third kappa shape index (κ3) is 3.19. The standard InChI is InChI=1S/C19H20F2N2O/c20-16-3-4-18(21)15(7-16)10-23-11-19(12-23)8-17(24-13-19)6-14-2-1-5-22-9-14/h1-5,7,9,17H,6,8,10-13H2/t17-/m1/s1. The van der Waals surface area contributed by atoms with E-state index in [1.807, 2.05) is 12.3 Å². The maximum absolute atomic E-state index is 13.7. The zero-order valence-corrected chi connectivity index (χ0v) is 13.4. The minimum Gasteiger partial charge on any atom is -0.377 e. The summed E-state index contributed by atoms with van der Waals surface area (Å²) < 4.78 is 33.0. The first-order valence-electron chi connectivity index (χ1n) is 8.29. The lowest BCUT2D eigenvalue weighted by atomic mass is 9.77. The van der Waals surface area contributed by atoms with Gasteiger partial charge < -0.3 is 4.74 Å². The predicted molar refractivity (Wildman–Crippen MR) is 86.4 cm³/mol. The van der Waals surface area contributed by atoms with Crippen LogP contribution in [0, 0.1) is 17.0 Å². The van der Waals surface area contributed by atoms with Gasteiger partial charge in [0.15, 0.2) is 0 Å². The lowest BCUT2D eigenvalue weighted by Gasteiger charge is -2.47. The van der Waals surface area contributed by atoms with Gasteiger partial charge >= 0.3 is 0 Å². The summed E-state index contributed by atoms with van der Waals surface area (Å²) in [4.78, 5) is 6.30. The van der Waals surface area contributed by atoms with Gasteiger partial charge in [-0.25, -0.2) is 8.78 Å². The molecule has 2 aromatic rings. The molecule has 1 spiro atoms. The van der Waals surface area contributed by atoms with Gasteiger partial charge in [0.05, 0.1) is 12.7 Å². The van der Waals surface area contributed by atoms with Crippen molar-refractivity contribution in [3.63, 3.8) is 0 Å². The molecular formula is C19H20F2N2O. The second-order valence-electron chi connectivity index (χ2n) is 7.08. The summed E-state index contributed by atoms with van der Waals surface area (Å²) in [6.45, 7) is 2.97. The molecule has 1 atom stereocenters. The van der Waals surface area contributed by atoms with Gasteiger partial charge in [-0.3, -0.25) is 9.88 Å². The van der Waals surface area contributed by atoms with Gasteiger partial charge in [-0.15, -0.1) is 0 Å². The van der Waals surface area contributed by atoms with Crippen molar-refractivity contribution >= 4 is 0 Å². The first-order valence-corrected chi connectivity index (χ1v) is 8.29. The molecule has 24 heavy (non-hydrogen) atoms. The lowest BCUT2D eigenvalue weighted by molar-refractivity contribution is -0.0146. The van der Waals surface area contributed by atoms with Crippen LogP contribution in [0.3, 0.4) is 0 Å². The maximum Gasteiger partial charge on any atom is 0.127 e. The predicted octanol–water partition coefficient (Wildman–Crippen LogP) is 3.19. The number of pyridine rings is 1. The van der Waals surface area contributed by atoms with E-state index in [0.29, 0.717) is 12.1 Å². The normalized spacial score (nSPS) is 22.7. The van der Waals surface area contributed by atoms with E-state index in [1.54, 1.807) is 6.20 Å². The fraction of sp³-hybridized carbons (Fsp3) is 0.421. The number of benzene rings is 1. The number of halogens is 2. The molecule has 0 aliphatic carbocycles. The summed E-state index contributed by atoms with van der Waals surface area (Å²) in [6, 6.07) is 7.66. The Morgan fingerprint density at radius 2 is 2.12 bits per heavy atom. The molecule has 0 unspecified atom stereocenters.